The SMILES string of the molecule is O=C(c1cocn1)N1CC(COc2ccncc2)C(c2ccccn2)C1. The third kappa shape index (κ3) is 3.42. The van der Waals surface area contributed by atoms with E-state index in [4.69, 9.17) is 9.15 Å². The van der Waals surface area contributed by atoms with E-state index in [2.05, 4.69) is 15.0 Å². The summed E-state index contributed by atoms with van der Waals surface area (Å²) < 4.78 is 10.9. The fourth-order valence-electron chi connectivity index (χ4n) is 3.25. The highest BCUT2D eigenvalue weighted by atomic mass is 16.5. The second-order valence-corrected chi connectivity index (χ2v) is 6.20. The van der Waals surface area contributed by atoms with Gasteiger partial charge in [0.15, 0.2) is 12.1 Å². The largest absolute Gasteiger partial charge is 0.493 e. The standard InChI is InChI=1S/C19H18N4O3/c24-19(18-12-25-13-22-18)23-9-14(11-26-15-4-7-20-8-5-15)16(10-23)17-3-1-2-6-21-17/h1-8,12-14,16H,9-11H2. The molecule has 3 aromatic heterocycles. The van der Waals surface area contributed by atoms with Crippen molar-refractivity contribution in [1.82, 2.24) is 19.9 Å². The molecule has 0 radical (unpaired) electrons. The number of ether oxygens (including phenoxy) is 1. The fourth-order valence-corrected chi connectivity index (χ4v) is 3.25. The number of nitrogens with zero attached hydrogens (tertiary/aromatic N) is 4. The van der Waals surface area contributed by atoms with Gasteiger partial charge in [0.2, 0.25) is 0 Å². The van der Waals surface area contributed by atoms with E-state index in [0.29, 0.717) is 25.4 Å². The zero-order valence-electron chi connectivity index (χ0n) is 14.1. The maximum atomic E-state index is 12.6. The van der Waals surface area contributed by atoms with E-state index in [1.807, 2.05) is 30.3 Å². The summed E-state index contributed by atoms with van der Waals surface area (Å²) in [6.45, 7) is 1.65. The summed E-state index contributed by atoms with van der Waals surface area (Å²) in [5, 5.41) is 0. The number of rotatable bonds is 5. The average Bonchev–Trinajstić information content (AvgIpc) is 3.37. The lowest BCUT2D eigenvalue weighted by Gasteiger charge is -2.18. The predicted molar refractivity (Wildman–Crippen MR) is 92.6 cm³/mol. The summed E-state index contributed by atoms with van der Waals surface area (Å²) in [6, 6.07) is 9.49. The Bertz CT molecular complexity index is 840. The smallest absolute Gasteiger partial charge is 0.275 e. The number of pyridine rings is 2. The molecule has 1 aliphatic heterocycles. The zero-order chi connectivity index (χ0) is 17.8. The Labute approximate surface area is 150 Å². The zero-order valence-corrected chi connectivity index (χ0v) is 14.1. The number of hydrogen-bond donors (Lipinski definition) is 0. The van der Waals surface area contributed by atoms with Crippen molar-refractivity contribution in [3.8, 4) is 5.75 Å². The van der Waals surface area contributed by atoms with Gasteiger partial charge in [-0.2, -0.15) is 0 Å². The van der Waals surface area contributed by atoms with Crippen molar-refractivity contribution in [2.75, 3.05) is 19.7 Å². The quantitative estimate of drug-likeness (QED) is 0.703. The van der Waals surface area contributed by atoms with Crippen LogP contribution in [0.1, 0.15) is 22.1 Å². The predicted octanol–water partition coefficient (Wildman–Crippen LogP) is 2.40. The molecule has 4 rings (SSSR count). The minimum absolute atomic E-state index is 0.105. The molecule has 1 aliphatic rings. The van der Waals surface area contributed by atoms with Crippen LogP contribution >= 0.6 is 0 Å². The number of likely N-dealkylation sites (tertiary alicyclic amines) is 1. The second-order valence-electron chi connectivity index (χ2n) is 6.20. The molecule has 0 bridgehead atoms. The van der Waals surface area contributed by atoms with E-state index in [1.54, 1.807) is 23.5 Å². The van der Waals surface area contributed by atoms with Crippen LogP contribution in [0, 0.1) is 5.92 Å². The molecular formula is C19H18N4O3. The molecule has 0 saturated carbocycles. The summed E-state index contributed by atoms with van der Waals surface area (Å²) in [6.07, 6.45) is 7.81. The van der Waals surface area contributed by atoms with E-state index in [-0.39, 0.29) is 17.7 Å². The van der Waals surface area contributed by atoms with E-state index >= 15 is 0 Å². The molecule has 7 heteroatoms. The lowest BCUT2D eigenvalue weighted by atomic mass is 9.93. The van der Waals surface area contributed by atoms with Crippen LogP contribution in [0.4, 0.5) is 0 Å². The Morgan fingerprint density at radius 2 is 2.04 bits per heavy atom. The lowest BCUT2D eigenvalue weighted by molar-refractivity contribution is 0.0776. The Hall–Kier alpha value is -3.22. The number of aromatic nitrogens is 3. The van der Waals surface area contributed by atoms with Gasteiger partial charge in [0.05, 0.1) is 6.61 Å². The fraction of sp³-hybridized carbons (Fsp3) is 0.263. The summed E-state index contributed by atoms with van der Waals surface area (Å²) in [7, 11) is 0. The monoisotopic (exact) mass is 350 g/mol. The van der Waals surface area contributed by atoms with Crippen LogP contribution in [-0.2, 0) is 0 Å². The molecule has 2 atom stereocenters. The molecule has 0 aromatic carbocycles. The molecule has 1 amide bonds. The molecule has 0 N–H and O–H groups in total. The molecular weight excluding hydrogens is 332 g/mol. The number of hydrogen-bond acceptors (Lipinski definition) is 6. The van der Waals surface area contributed by atoms with Crippen LogP contribution < -0.4 is 4.74 Å². The van der Waals surface area contributed by atoms with Crippen molar-refractivity contribution >= 4 is 5.91 Å². The minimum atomic E-state index is -0.133. The third-order valence-corrected chi connectivity index (χ3v) is 4.56. The average molecular weight is 350 g/mol. The van der Waals surface area contributed by atoms with Gasteiger partial charge in [-0.05, 0) is 24.3 Å². The number of oxazole rings is 1. The molecule has 4 heterocycles. The Kier molecular flexibility index (Phi) is 4.59. The van der Waals surface area contributed by atoms with Gasteiger partial charge in [0.25, 0.3) is 5.91 Å². The topological polar surface area (TPSA) is 81.4 Å². The first-order valence-electron chi connectivity index (χ1n) is 8.42. The second kappa shape index (κ2) is 7.35. The van der Waals surface area contributed by atoms with Crippen LogP contribution in [0.25, 0.3) is 0 Å². The normalized spacial score (nSPS) is 19.5. The molecule has 2 unspecified atom stereocenters. The van der Waals surface area contributed by atoms with E-state index in [9.17, 15) is 4.79 Å². The van der Waals surface area contributed by atoms with Crippen LogP contribution in [0.2, 0.25) is 0 Å². The van der Waals surface area contributed by atoms with Crippen molar-refractivity contribution in [2.24, 2.45) is 5.92 Å². The summed E-state index contributed by atoms with van der Waals surface area (Å²) in [5.74, 6) is 0.870. The van der Waals surface area contributed by atoms with E-state index in [1.165, 1.54) is 12.7 Å². The molecule has 3 aromatic rings. The van der Waals surface area contributed by atoms with Crippen molar-refractivity contribution < 1.29 is 13.9 Å². The molecule has 7 nitrogen and oxygen atoms in total. The van der Waals surface area contributed by atoms with Crippen molar-refractivity contribution in [3.05, 3.63) is 73.0 Å². The first-order valence-corrected chi connectivity index (χ1v) is 8.42. The maximum Gasteiger partial charge on any atom is 0.275 e. The van der Waals surface area contributed by atoms with Gasteiger partial charge in [-0.1, -0.05) is 6.07 Å². The van der Waals surface area contributed by atoms with Crippen LogP contribution in [0.5, 0.6) is 5.75 Å². The van der Waals surface area contributed by atoms with Crippen LogP contribution in [0.15, 0.2) is 66.0 Å². The molecule has 26 heavy (non-hydrogen) atoms. The van der Waals surface area contributed by atoms with Crippen molar-refractivity contribution in [2.45, 2.75) is 5.92 Å². The highest BCUT2D eigenvalue weighted by Gasteiger charge is 2.38. The minimum Gasteiger partial charge on any atom is -0.493 e. The Morgan fingerprint density at radius 3 is 2.77 bits per heavy atom. The molecule has 132 valence electrons. The van der Waals surface area contributed by atoms with Gasteiger partial charge >= 0.3 is 0 Å². The third-order valence-electron chi connectivity index (χ3n) is 4.56. The highest BCUT2D eigenvalue weighted by Crippen LogP contribution is 2.32. The van der Waals surface area contributed by atoms with Crippen molar-refractivity contribution in [1.29, 1.82) is 0 Å². The van der Waals surface area contributed by atoms with E-state index < -0.39 is 0 Å². The molecule has 0 aliphatic carbocycles. The number of carbonyl (C=O) groups excluding carboxylic acids is 1. The van der Waals surface area contributed by atoms with Gasteiger partial charge in [-0.3, -0.25) is 14.8 Å². The van der Waals surface area contributed by atoms with Gasteiger partial charge < -0.3 is 14.1 Å². The van der Waals surface area contributed by atoms with Gasteiger partial charge in [-0.15, -0.1) is 0 Å². The number of carbonyl (C=O) groups is 1. The molecule has 0 spiro atoms. The van der Waals surface area contributed by atoms with E-state index in [0.717, 1.165) is 11.4 Å². The first kappa shape index (κ1) is 16.3. The molecule has 1 fully saturated rings. The van der Waals surface area contributed by atoms with Gasteiger partial charge in [-0.25, -0.2) is 4.98 Å². The van der Waals surface area contributed by atoms with Crippen LogP contribution in [-0.4, -0.2) is 45.5 Å². The number of amides is 1. The molecule has 1 saturated heterocycles. The summed E-state index contributed by atoms with van der Waals surface area (Å²) in [4.78, 5) is 26.9. The summed E-state index contributed by atoms with van der Waals surface area (Å²) in [5.41, 5.74) is 1.28. The van der Waals surface area contributed by atoms with Crippen LogP contribution in [0.3, 0.4) is 0 Å². The van der Waals surface area contributed by atoms with Gasteiger partial charge in [0.1, 0.15) is 12.0 Å². The van der Waals surface area contributed by atoms with Gasteiger partial charge in [0, 0.05) is 49.2 Å². The Balaban J connectivity index is 1.52. The highest BCUT2D eigenvalue weighted by molar-refractivity contribution is 5.92. The first-order chi connectivity index (χ1) is 12.8. The summed E-state index contributed by atoms with van der Waals surface area (Å²) >= 11 is 0. The maximum absolute atomic E-state index is 12.6. The Morgan fingerprint density at radius 1 is 1.15 bits per heavy atom. The lowest BCUT2D eigenvalue weighted by Crippen LogP contribution is -2.29. The van der Waals surface area contributed by atoms with Crippen molar-refractivity contribution in [3.63, 3.8) is 0 Å².